The average Bonchev–Trinajstić information content (AvgIpc) is 3.42. The van der Waals surface area contributed by atoms with Crippen LogP contribution in [0.4, 0.5) is 15.3 Å². The van der Waals surface area contributed by atoms with E-state index in [1.807, 2.05) is 49.2 Å². The highest BCUT2D eigenvalue weighted by Crippen LogP contribution is 2.26. The summed E-state index contributed by atoms with van der Waals surface area (Å²) in [6.45, 7) is 14.1. The first-order valence-corrected chi connectivity index (χ1v) is 22.0. The van der Waals surface area contributed by atoms with Crippen molar-refractivity contribution in [3.05, 3.63) is 63.6 Å². The van der Waals surface area contributed by atoms with Crippen LogP contribution in [0.15, 0.2) is 45.6 Å². The molecule has 2 aromatic carbocycles. The zero-order chi connectivity index (χ0) is 42.8. The van der Waals surface area contributed by atoms with Gasteiger partial charge in [-0.25, -0.2) is 14.4 Å². The van der Waals surface area contributed by atoms with Gasteiger partial charge in [0.1, 0.15) is 0 Å². The molecule has 0 saturated carbocycles. The Morgan fingerprint density at radius 1 is 0.902 bits per heavy atom. The van der Waals surface area contributed by atoms with Crippen molar-refractivity contribution in [2.45, 2.75) is 98.1 Å². The maximum absolute atomic E-state index is 13.7. The summed E-state index contributed by atoms with van der Waals surface area (Å²) in [5, 5.41) is 3.03. The van der Waals surface area contributed by atoms with Crippen molar-refractivity contribution < 1.29 is 33.1 Å². The third-order valence-electron chi connectivity index (χ3n) is 12.5. The number of aryl methyl sites for hydroxylation is 2. The minimum atomic E-state index is -1.02. The largest absolute Gasteiger partial charge is 0.466 e. The van der Waals surface area contributed by atoms with Crippen LogP contribution in [0.2, 0.25) is 0 Å². The van der Waals surface area contributed by atoms with Crippen LogP contribution in [-0.4, -0.2) is 144 Å². The molecule has 5 heterocycles. The average molecular weight is 848 g/mol. The number of anilines is 1. The fraction of sp³-hybridized carbons (Fsp3) is 0.630. The number of hydrogen-bond donors (Lipinski definition) is 1. The number of piperidine rings is 2. The number of aromatic nitrogens is 1. The number of piperazine rings is 1. The molecule has 61 heavy (non-hydrogen) atoms. The number of carbonyl (C=O) groups is 4. The van der Waals surface area contributed by atoms with E-state index < -0.39 is 18.0 Å². The number of nitrogens with zero attached hydrogens (tertiary/aromatic N) is 6. The molecule has 0 bridgehead atoms. The van der Waals surface area contributed by atoms with E-state index in [9.17, 15) is 24.0 Å². The number of hydrogen-bond acceptors (Lipinski definition) is 10. The Kier molecular flexibility index (Phi) is 17.2. The number of para-hydroxylation sites is 1. The molecule has 1 aromatic heterocycles. The minimum Gasteiger partial charge on any atom is -0.466 e. The predicted molar refractivity (Wildman–Crippen MR) is 237 cm³/mol. The lowest BCUT2D eigenvalue weighted by molar-refractivity contribution is -0.144. The summed E-state index contributed by atoms with van der Waals surface area (Å²) >= 11 is 0. The van der Waals surface area contributed by atoms with E-state index in [-0.39, 0.29) is 37.8 Å². The number of likely N-dealkylation sites (tertiary alicyclic amines) is 2. The molecule has 1 N–H and O–H groups in total. The number of ether oxygens (including phenoxy) is 2. The van der Waals surface area contributed by atoms with Gasteiger partial charge in [0.2, 0.25) is 0 Å². The molecular weight excluding hydrogens is 779 g/mol. The number of esters is 1. The van der Waals surface area contributed by atoms with E-state index >= 15 is 0 Å². The van der Waals surface area contributed by atoms with Crippen molar-refractivity contribution in [3.8, 4) is 0 Å². The molecule has 15 nitrogen and oxygen atoms in total. The zero-order valence-corrected chi connectivity index (χ0v) is 36.3. The van der Waals surface area contributed by atoms with Crippen LogP contribution in [0.5, 0.6) is 0 Å². The summed E-state index contributed by atoms with van der Waals surface area (Å²) in [6.07, 6.45) is 5.77. The predicted octanol–water partition coefficient (Wildman–Crippen LogP) is 5.90. The Morgan fingerprint density at radius 2 is 1.61 bits per heavy atom. The number of carbonyl (C=O) groups excluding carboxylic acids is 4. The third kappa shape index (κ3) is 12.6. The number of oxazole rings is 1. The van der Waals surface area contributed by atoms with Gasteiger partial charge in [-0.05, 0) is 100 Å². The fourth-order valence-electron chi connectivity index (χ4n) is 8.55. The maximum Gasteiger partial charge on any atom is 0.419 e. The van der Waals surface area contributed by atoms with Gasteiger partial charge in [-0.15, -0.1) is 0 Å². The number of unbranched alkanes of at least 4 members (excludes halogenated alkanes) is 1. The monoisotopic (exact) mass is 848 g/mol. The Hall–Kier alpha value is -4.89. The second-order valence-electron chi connectivity index (χ2n) is 17.0. The van der Waals surface area contributed by atoms with E-state index in [0.717, 1.165) is 80.3 Å². The molecule has 0 aliphatic carbocycles. The topological polar surface area (TPSA) is 150 Å². The van der Waals surface area contributed by atoms with E-state index in [4.69, 9.17) is 13.9 Å². The number of benzene rings is 2. The lowest BCUT2D eigenvalue weighted by Crippen LogP contribution is -2.53. The van der Waals surface area contributed by atoms with Crippen molar-refractivity contribution in [1.82, 2.24) is 29.1 Å². The molecule has 1 atom stereocenters. The number of fused-ring (bicyclic) bond motifs is 2. The molecule has 0 spiro atoms. The van der Waals surface area contributed by atoms with Crippen molar-refractivity contribution >= 4 is 40.8 Å². The van der Waals surface area contributed by atoms with Crippen LogP contribution < -0.4 is 11.1 Å². The summed E-state index contributed by atoms with van der Waals surface area (Å²) < 4.78 is 18.0. The first kappa shape index (κ1) is 47.2. The Balaban J connectivity index is 0.000000351. The number of rotatable bonds is 11. The lowest BCUT2D eigenvalue weighted by Gasteiger charge is -2.38. The molecular formula is C46H69N7O8. The first-order chi connectivity index (χ1) is 28.9. The highest BCUT2D eigenvalue weighted by Gasteiger charge is 2.35. The van der Waals surface area contributed by atoms with Crippen molar-refractivity contribution in [1.29, 1.82) is 0 Å². The van der Waals surface area contributed by atoms with E-state index in [2.05, 4.69) is 29.0 Å². The van der Waals surface area contributed by atoms with Crippen molar-refractivity contribution in [3.63, 3.8) is 0 Å². The second kappa shape index (κ2) is 22.3. The Bertz CT molecular complexity index is 1990. The van der Waals surface area contributed by atoms with Gasteiger partial charge in [0.15, 0.2) is 11.7 Å². The van der Waals surface area contributed by atoms with Gasteiger partial charge in [0, 0.05) is 77.6 Å². The highest BCUT2D eigenvalue weighted by molar-refractivity contribution is 5.91. The first-order valence-electron chi connectivity index (χ1n) is 22.0. The molecule has 0 unspecified atom stereocenters. The van der Waals surface area contributed by atoms with Crippen LogP contribution >= 0.6 is 0 Å². The lowest BCUT2D eigenvalue weighted by atomic mass is 9.99. The van der Waals surface area contributed by atoms with E-state index in [0.29, 0.717) is 69.7 Å². The summed E-state index contributed by atoms with van der Waals surface area (Å²) in [5.41, 5.74) is 4.68. The fourth-order valence-corrected chi connectivity index (χ4v) is 8.55. The summed E-state index contributed by atoms with van der Waals surface area (Å²) in [7, 11) is 3.67. The SMILES string of the molecule is C.CCCCOC(=O)CCN1CCC(C)CC1.Cc1cc(C[C@@H](OC(=O)N2CCC(N3CCc4ccccc4NC3=O)CC2)C(=O)N2CCN(C)CC2)cc2oc(=O)n(C)c12. The smallest absolute Gasteiger partial charge is 0.419 e. The van der Waals surface area contributed by atoms with Gasteiger partial charge in [-0.3, -0.25) is 14.2 Å². The number of amides is 4. The van der Waals surface area contributed by atoms with Crippen LogP contribution in [-0.2, 0) is 39.0 Å². The van der Waals surface area contributed by atoms with Crippen LogP contribution in [0, 0.1) is 12.8 Å². The molecule has 15 heteroatoms. The van der Waals surface area contributed by atoms with Gasteiger partial charge in [-0.2, -0.15) is 0 Å². The molecule has 7 rings (SSSR count). The van der Waals surface area contributed by atoms with E-state index in [1.165, 1.54) is 17.4 Å². The van der Waals surface area contributed by atoms with Gasteiger partial charge >= 0.3 is 23.8 Å². The maximum atomic E-state index is 13.7. The van der Waals surface area contributed by atoms with Gasteiger partial charge in [0.25, 0.3) is 5.91 Å². The van der Waals surface area contributed by atoms with Gasteiger partial charge in [-0.1, -0.05) is 52.0 Å². The Labute approximate surface area is 361 Å². The molecule has 3 saturated heterocycles. The normalized spacial score (nSPS) is 18.6. The van der Waals surface area contributed by atoms with Gasteiger partial charge in [0.05, 0.1) is 18.5 Å². The Morgan fingerprint density at radius 3 is 2.31 bits per heavy atom. The highest BCUT2D eigenvalue weighted by atomic mass is 16.6. The number of likely N-dealkylation sites (N-methyl/N-ethyl adjacent to an activating group) is 1. The van der Waals surface area contributed by atoms with Crippen LogP contribution in [0.1, 0.15) is 82.9 Å². The zero-order valence-electron chi connectivity index (χ0n) is 36.3. The molecule has 4 aliphatic rings. The third-order valence-corrected chi connectivity index (χ3v) is 12.5. The second-order valence-corrected chi connectivity index (χ2v) is 17.0. The molecule has 3 aromatic rings. The van der Waals surface area contributed by atoms with Crippen LogP contribution in [0.3, 0.4) is 0 Å². The standard InChI is InChI=1S/C32H40N6O6.C13H25NO2.CH4/c1-21-18-22(19-26-28(21)35(3)31(41)43-26)20-27(29(39)36-16-14-34(2)15-17-36)44-32(42)37-11-9-24(10-12-37)38-13-8-23-6-4-5-7-25(23)33-30(38)40;1-3-4-11-16-13(15)7-10-14-8-5-12(2)6-9-14;/h4-7,18-19,24,27H,8-17,20H2,1-3H3,(H,33,40);12H,3-11H2,1-2H3;1H4/t27-;;/m1../s1. The van der Waals surface area contributed by atoms with Gasteiger partial charge < -0.3 is 43.7 Å². The molecule has 4 amide bonds. The van der Waals surface area contributed by atoms with Crippen molar-refractivity contribution in [2.24, 2.45) is 13.0 Å². The molecule has 3 fully saturated rings. The van der Waals surface area contributed by atoms with E-state index in [1.54, 1.807) is 22.9 Å². The summed E-state index contributed by atoms with van der Waals surface area (Å²) in [6, 6.07) is 11.4. The molecule has 0 radical (unpaired) electrons. The van der Waals surface area contributed by atoms with Crippen LogP contribution in [0.25, 0.3) is 11.1 Å². The molecule has 336 valence electrons. The number of urea groups is 1. The number of nitrogens with one attached hydrogen (secondary N) is 1. The summed E-state index contributed by atoms with van der Waals surface area (Å²) in [5.74, 6) is 0.136. The minimum absolute atomic E-state index is 0. The quantitative estimate of drug-likeness (QED) is 0.183. The molecule has 4 aliphatic heterocycles. The van der Waals surface area contributed by atoms with Crippen molar-refractivity contribution in [2.75, 3.05) is 84.4 Å². The summed E-state index contributed by atoms with van der Waals surface area (Å²) in [4.78, 5) is 73.6.